The van der Waals surface area contributed by atoms with Crippen molar-refractivity contribution in [2.45, 2.75) is 229 Å². The molecule has 4 fully saturated rings. The molecule has 12 heteroatoms. The third-order valence-electron chi connectivity index (χ3n) is 13.0. The Hall–Kier alpha value is -1.25. The maximum atomic E-state index is 13.1. The second-order valence-electron chi connectivity index (χ2n) is 17.7. The van der Waals surface area contributed by atoms with Gasteiger partial charge in [0.25, 0.3) is 0 Å². The lowest BCUT2D eigenvalue weighted by molar-refractivity contribution is -0.303. The van der Waals surface area contributed by atoms with E-state index < -0.39 is 67.3 Å². The summed E-state index contributed by atoms with van der Waals surface area (Å²) in [6.07, 6.45) is 18.3. The molecule has 0 radical (unpaired) electrons. The van der Waals surface area contributed by atoms with Crippen LogP contribution in [-0.4, -0.2) is 103 Å². The Morgan fingerprint density at radius 3 is 1.89 bits per heavy atom. The quantitative estimate of drug-likeness (QED) is 0.0364. The molecule has 0 spiro atoms. The van der Waals surface area contributed by atoms with Crippen LogP contribution in [0.2, 0.25) is 0 Å². The van der Waals surface area contributed by atoms with Crippen molar-refractivity contribution in [2.75, 3.05) is 13.2 Å². The van der Waals surface area contributed by atoms with Gasteiger partial charge < -0.3 is 45.1 Å². The Morgan fingerprint density at radius 1 is 0.782 bits per heavy atom. The topological polar surface area (TPSA) is 169 Å². The lowest BCUT2D eigenvalue weighted by Gasteiger charge is -2.70. The van der Waals surface area contributed by atoms with Gasteiger partial charge in [0.05, 0.1) is 31.3 Å². The van der Waals surface area contributed by atoms with E-state index in [4.69, 9.17) is 9.47 Å². The maximum absolute atomic E-state index is 13.1. The highest BCUT2D eigenvalue weighted by molar-refractivity contribution is 5.17. The largest absolute Gasteiger partial charge is 0.394 e. The normalized spacial score (nSPS) is 29.2. The molecule has 320 valence electrons. The summed E-state index contributed by atoms with van der Waals surface area (Å²) in [6.45, 7) is 1.47. The molecule has 4 aliphatic rings. The average molecular weight is 787 g/mol. The summed E-state index contributed by atoms with van der Waals surface area (Å²) in [6, 6.07) is 0. The summed E-state index contributed by atoms with van der Waals surface area (Å²) in [5, 5.41) is 63.0. The van der Waals surface area contributed by atoms with Crippen LogP contribution in [-0.2, 0) is 15.9 Å². The van der Waals surface area contributed by atoms with Gasteiger partial charge in [0.2, 0.25) is 6.43 Å². The van der Waals surface area contributed by atoms with E-state index in [-0.39, 0.29) is 12.0 Å². The van der Waals surface area contributed by atoms with Crippen molar-refractivity contribution in [1.82, 2.24) is 9.97 Å². The maximum Gasteiger partial charge on any atom is 0.244 e. The minimum absolute atomic E-state index is 0.191. The minimum atomic E-state index is -2.14. The van der Waals surface area contributed by atoms with Gasteiger partial charge in [0.15, 0.2) is 6.29 Å². The van der Waals surface area contributed by atoms with Crippen molar-refractivity contribution in [3.63, 3.8) is 0 Å². The summed E-state index contributed by atoms with van der Waals surface area (Å²) < 4.78 is 37.5. The van der Waals surface area contributed by atoms with E-state index in [9.17, 15) is 39.4 Å². The molecule has 2 heterocycles. The number of hydrogen-bond donors (Lipinski definition) is 7. The van der Waals surface area contributed by atoms with E-state index >= 15 is 0 Å². The highest BCUT2D eigenvalue weighted by atomic mass is 19.3. The zero-order valence-electron chi connectivity index (χ0n) is 33.8. The van der Waals surface area contributed by atoms with Gasteiger partial charge in [-0.05, 0) is 50.4 Å². The highest BCUT2D eigenvalue weighted by Gasteiger charge is 2.70. The van der Waals surface area contributed by atoms with Crippen LogP contribution in [0, 0.1) is 10.8 Å². The SMILES string of the molecule is CCCCCCCCCCCCCC[C@@H](O)[C@@H](O)[C@H](COC1OC(CO)C(O)C(O)C1O)c1ncc(CCCCCCCCCCC23CC(C(F)F)(C2)C3)[nH]1. The van der Waals surface area contributed by atoms with Crippen LogP contribution in [0.4, 0.5) is 8.78 Å². The molecule has 0 amide bonds. The minimum Gasteiger partial charge on any atom is -0.394 e. The van der Waals surface area contributed by atoms with Gasteiger partial charge >= 0.3 is 0 Å². The fourth-order valence-corrected chi connectivity index (χ4v) is 9.53. The highest BCUT2D eigenvalue weighted by Crippen LogP contribution is 2.77. The third-order valence-corrected chi connectivity index (χ3v) is 13.0. The van der Waals surface area contributed by atoms with Crippen molar-refractivity contribution in [3.05, 3.63) is 17.7 Å². The standard InChI is InChI=1S/C43H76F2N2O8/c1-2-3-4-5-6-7-8-9-10-14-17-20-23-33(49)35(50)32(27-54-40-38(53)37(52)36(51)34(26-48)55-40)39-46-25-31(47-39)22-19-16-13-11-12-15-18-21-24-42-28-43(29-42,30-42)41(44)45/h25,32-38,40-41,48-53H,2-24,26-30H2,1H3,(H,46,47)/t32-,33+,34?,35-,36?,37?,38?,40?,42?,43?/m0/s1. The van der Waals surface area contributed by atoms with Crippen LogP contribution in [0.1, 0.15) is 185 Å². The number of aliphatic hydroxyl groups is 6. The smallest absolute Gasteiger partial charge is 0.244 e. The Labute approximate surface area is 329 Å². The summed E-state index contributed by atoms with van der Waals surface area (Å²) in [4.78, 5) is 7.87. The fourth-order valence-electron chi connectivity index (χ4n) is 9.53. The first-order valence-corrected chi connectivity index (χ1v) is 22.1. The number of aromatic nitrogens is 2. The molecule has 1 aromatic rings. The van der Waals surface area contributed by atoms with Gasteiger partial charge in [-0.1, -0.05) is 129 Å². The predicted molar refractivity (Wildman–Crippen MR) is 209 cm³/mol. The number of nitrogens with one attached hydrogen (secondary N) is 1. The van der Waals surface area contributed by atoms with E-state index in [0.717, 1.165) is 82.7 Å². The number of unbranched alkanes of at least 4 members (excludes halogenated alkanes) is 18. The first kappa shape index (κ1) is 46.4. The van der Waals surface area contributed by atoms with Crippen LogP contribution in [0.15, 0.2) is 6.20 Å². The Balaban J connectivity index is 1.15. The van der Waals surface area contributed by atoms with Crippen LogP contribution in [0.5, 0.6) is 0 Å². The second-order valence-corrected chi connectivity index (χ2v) is 17.7. The van der Waals surface area contributed by atoms with Gasteiger partial charge in [-0.2, -0.15) is 0 Å². The summed E-state index contributed by atoms with van der Waals surface area (Å²) in [5.41, 5.74) is 0.558. The number of halogens is 2. The Kier molecular flexibility index (Phi) is 20.2. The fraction of sp³-hybridized carbons (Fsp3) is 0.930. The molecule has 8 atom stereocenters. The summed E-state index contributed by atoms with van der Waals surface area (Å²) in [5.74, 6) is -0.336. The Bertz CT molecular complexity index is 1150. The molecule has 10 nitrogen and oxygen atoms in total. The van der Waals surface area contributed by atoms with Crippen molar-refractivity contribution < 1.29 is 48.9 Å². The third kappa shape index (κ3) is 13.9. The van der Waals surface area contributed by atoms with Gasteiger partial charge in [-0.15, -0.1) is 0 Å². The zero-order valence-corrected chi connectivity index (χ0v) is 33.8. The van der Waals surface area contributed by atoms with Crippen molar-refractivity contribution >= 4 is 0 Å². The van der Waals surface area contributed by atoms with Gasteiger partial charge in [-0.25, -0.2) is 13.8 Å². The molecule has 55 heavy (non-hydrogen) atoms. The van der Waals surface area contributed by atoms with E-state index in [1.54, 1.807) is 6.20 Å². The predicted octanol–water partition coefficient (Wildman–Crippen LogP) is 7.61. The molecule has 1 saturated heterocycles. The number of H-pyrrole nitrogens is 1. The number of ether oxygens (including phenoxy) is 2. The number of aryl methyl sites for hydroxylation is 1. The van der Waals surface area contributed by atoms with Gasteiger partial charge in [0, 0.05) is 17.3 Å². The summed E-state index contributed by atoms with van der Waals surface area (Å²) >= 11 is 0. The lowest BCUT2D eigenvalue weighted by Crippen LogP contribution is -2.64. The number of alkyl halides is 2. The van der Waals surface area contributed by atoms with Crippen LogP contribution < -0.4 is 0 Å². The Morgan fingerprint density at radius 2 is 1.33 bits per heavy atom. The van der Waals surface area contributed by atoms with Crippen LogP contribution in [0.3, 0.4) is 0 Å². The molecule has 7 N–H and O–H groups in total. The van der Waals surface area contributed by atoms with Crippen molar-refractivity contribution in [2.24, 2.45) is 10.8 Å². The number of aliphatic hydroxyl groups excluding tert-OH is 6. The first-order chi connectivity index (χ1) is 26.5. The van der Waals surface area contributed by atoms with E-state index in [2.05, 4.69) is 16.9 Å². The number of aromatic amines is 1. The lowest BCUT2D eigenvalue weighted by atomic mass is 9.34. The molecule has 1 aromatic heterocycles. The molecule has 2 bridgehead atoms. The van der Waals surface area contributed by atoms with E-state index in [1.165, 1.54) is 83.5 Å². The van der Waals surface area contributed by atoms with Gasteiger partial charge in [-0.3, -0.25) is 0 Å². The number of imidazole rings is 1. The molecule has 5 unspecified atom stereocenters. The molecule has 1 aliphatic heterocycles. The van der Waals surface area contributed by atoms with Crippen molar-refractivity contribution in [3.8, 4) is 0 Å². The molecule has 5 rings (SSSR count). The van der Waals surface area contributed by atoms with Crippen LogP contribution in [0.25, 0.3) is 0 Å². The van der Waals surface area contributed by atoms with Gasteiger partial charge in [0.1, 0.15) is 30.2 Å². The van der Waals surface area contributed by atoms with Crippen LogP contribution >= 0.6 is 0 Å². The second kappa shape index (κ2) is 24.0. The molecule has 0 aromatic carbocycles. The van der Waals surface area contributed by atoms with Crippen molar-refractivity contribution in [1.29, 1.82) is 0 Å². The molecule has 3 saturated carbocycles. The monoisotopic (exact) mass is 787 g/mol. The molecular weight excluding hydrogens is 710 g/mol. The number of rotatable bonds is 32. The first-order valence-electron chi connectivity index (χ1n) is 22.1. The molecule has 3 aliphatic carbocycles. The summed E-state index contributed by atoms with van der Waals surface area (Å²) in [7, 11) is 0. The number of nitrogens with zero attached hydrogens (tertiary/aromatic N) is 1. The zero-order chi connectivity index (χ0) is 39.7. The van der Waals surface area contributed by atoms with E-state index in [1.807, 2.05) is 0 Å². The molecular formula is C43H76F2N2O8. The van der Waals surface area contributed by atoms with E-state index in [0.29, 0.717) is 12.2 Å². The average Bonchev–Trinajstić information content (AvgIpc) is 3.61. The number of hydrogen-bond acceptors (Lipinski definition) is 9.